The predicted molar refractivity (Wildman–Crippen MR) is 185 cm³/mol. The molecule has 12 bridgehead atoms. The Morgan fingerprint density at radius 2 is 0.935 bits per heavy atom. The molecule has 46 heavy (non-hydrogen) atoms. The molecule has 1 aromatic rings. The first kappa shape index (κ1) is 28.8. The van der Waals surface area contributed by atoms with Gasteiger partial charge in [0.15, 0.2) is 0 Å². The molecule has 1 aliphatic heterocycles. The fourth-order valence-electron chi connectivity index (χ4n) is 16.7. The standard InChI is InChI=1S/C44H62O2/c1-25(37-24-45-37)46-40-38(43-18-29-8-30(19-43)10-31(9-29)20-43)35(41(2,3)4)14-36(42-15-26-5-27(16-42)7-28(6-26)17-42)39(40)44-21-32-11-33(22-44)13-34(12-32)23-44/h14,25-34,37H,5-13,15-24H2,1-4H3. The van der Waals surface area contributed by atoms with Crippen molar-refractivity contribution in [2.75, 3.05) is 6.61 Å². The van der Waals surface area contributed by atoms with Crippen LogP contribution in [0.1, 0.15) is 166 Å². The van der Waals surface area contributed by atoms with Crippen molar-refractivity contribution in [2.24, 2.45) is 53.3 Å². The summed E-state index contributed by atoms with van der Waals surface area (Å²) in [6.07, 6.45) is 27.2. The Labute approximate surface area is 279 Å². The van der Waals surface area contributed by atoms with Gasteiger partial charge in [-0.05, 0) is 198 Å². The Kier molecular flexibility index (Phi) is 5.88. The van der Waals surface area contributed by atoms with Crippen LogP contribution in [0.25, 0.3) is 0 Å². The van der Waals surface area contributed by atoms with Crippen LogP contribution in [0, 0.1) is 53.3 Å². The summed E-state index contributed by atoms with van der Waals surface area (Å²) in [7, 11) is 0. The minimum absolute atomic E-state index is 0.118. The summed E-state index contributed by atoms with van der Waals surface area (Å²) in [4.78, 5) is 0. The smallest absolute Gasteiger partial charge is 0.127 e. The lowest BCUT2D eigenvalue weighted by Crippen LogP contribution is -2.54. The minimum atomic E-state index is 0.118. The molecule has 13 aliphatic rings. The van der Waals surface area contributed by atoms with Gasteiger partial charge in [-0.15, -0.1) is 0 Å². The van der Waals surface area contributed by atoms with Crippen molar-refractivity contribution >= 4 is 0 Å². The molecule has 13 fully saturated rings. The highest BCUT2D eigenvalue weighted by molar-refractivity contribution is 5.62. The molecule has 2 heteroatoms. The minimum Gasteiger partial charge on any atom is -0.487 e. The lowest BCUT2D eigenvalue weighted by molar-refractivity contribution is -0.0210. The van der Waals surface area contributed by atoms with Gasteiger partial charge >= 0.3 is 0 Å². The number of hydrogen-bond acceptors (Lipinski definition) is 2. The summed E-state index contributed by atoms with van der Waals surface area (Å²) in [5.74, 6) is 10.1. The molecule has 2 atom stereocenters. The second-order valence-electron chi connectivity index (χ2n) is 21.6. The van der Waals surface area contributed by atoms with Gasteiger partial charge in [-0.2, -0.15) is 0 Å². The highest BCUT2D eigenvalue weighted by atomic mass is 16.6. The van der Waals surface area contributed by atoms with Gasteiger partial charge in [-0.25, -0.2) is 0 Å². The van der Waals surface area contributed by atoms with Gasteiger partial charge in [0, 0.05) is 22.0 Å². The molecule has 2 unspecified atom stereocenters. The fourth-order valence-corrected chi connectivity index (χ4v) is 16.7. The van der Waals surface area contributed by atoms with Crippen molar-refractivity contribution in [3.63, 3.8) is 0 Å². The molecule has 0 radical (unpaired) electrons. The summed E-state index contributed by atoms with van der Waals surface area (Å²) < 4.78 is 13.8. The van der Waals surface area contributed by atoms with E-state index in [9.17, 15) is 0 Å². The van der Waals surface area contributed by atoms with Gasteiger partial charge in [-0.1, -0.05) is 26.8 Å². The third-order valence-corrected chi connectivity index (χ3v) is 17.0. The first-order chi connectivity index (χ1) is 22.1. The summed E-state index contributed by atoms with van der Waals surface area (Å²) in [5, 5.41) is 0. The van der Waals surface area contributed by atoms with Crippen molar-refractivity contribution in [2.45, 2.75) is 177 Å². The fraction of sp³-hybridized carbons (Fsp3) is 0.864. The number of hydrogen-bond donors (Lipinski definition) is 0. The second kappa shape index (κ2) is 9.40. The highest BCUT2D eigenvalue weighted by Crippen LogP contribution is 2.70. The van der Waals surface area contributed by atoms with Gasteiger partial charge in [0.25, 0.3) is 0 Å². The predicted octanol–water partition coefficient (Wildman–Crippen LogP) is 10.6. The molecule has 0 amide bonds. The molecule has 1 aromatic carbocycles. The van der Waals surface area contributed by atoms with Crippen LogP contribution in [0.2, 0.25) is 0 Å². The number of rotatable bonds is 6. The van der Waals surface area contributed by atoms with Gasteiger partial charge in [0.2, 0.25) is 0 Å². The maximum absolute atomic E-state index is 7.79. The number of benzene rings is 1. The Balaban J connectivity index is 1.21. The molecular weight excluding hydrogens is 560 g/mol. The van der Waals surface area contributed by atoms with E-state index in [-0.39, 0.29) is 17.6 Å². The van der Waals surface area contributed by atoms with Gasteiger partial charge in [0.05, 0.1) is 6.61 Å². The molecule has 250 valence electrons. The summed E-state index contributed by atoms with van der Waals surface area (Å²) in [5.41, 5.74) is 8.38. The van der Waals surface area contributed by atoms with E-state index in [0.29, 0.717) is 16.2 Å². The number of ether oxygens (including phenoxy) is 2. The molecule has 1 heterocycles. The van der Waals surface area contributed by atoms with E-state index >= 15 is 0 Å². The third-order valence-electron chi connectivity index (χ3n) is 17.0. The van der Waals surface area contributed by atoms with E-state index in [2.05, 4.69) is 33.8 Å². The van der Waals surface area contributed by atoms with Crippen LogP contribution >= 0.6 is 0 Å². The van der Waals surface area contributed by atoms with E-state index in [4.69, 9.17) is 9.47 Å². The Morgan fingerprint density at radius 1 is 0.587 bits per heavy atom. The summed E-state index contributed by atoms with van der Waals surface area (Å²) >= 11 is 0. The molecule has 2 nitrogen and oxygen atoms in total. The van der Waals surface area contributed by atoms with Crippen molar-refractivity contribution in [3.05, 3.63) is 28.3 Å². The highest BCUT2D eigenvalue weighted by Gasteiger charge is 2.60. The molecule has 0 spiro atoms. The lowest BCUT2D eigenvalue weighted by atomic mass is 9.42. The maximum Gasteiger partial charge on any atom is 0.127 e. The Bertz CT molecular complexity index is 1330. The van der Waals surface area contributed by atoms with Crippen LogP contribution in [0.4, 0.5) is 0 Å². The topological polar surface area (TPSA) is 21.8 Å². The monoisotopic (exact) mass is 622 g/mol. The van der Waals surface area contributed by atoms with Gasteiger partial charge < -0.3 is 9.47 Å². The van der Waals surface area contributed by atoms with Crippen LogP contribution in [-0.2, 0) is 26.4 Å². The van der Waals surface area contributed by atoms with Crippen molar-refractivity contribution in [1.82, 2.24) is 0 Å². The van der Waals surface area contributed by atoms with Crippen LogP contribution in [-0.4, -0.2) is 18.8 Å². The van der Waals surface area contributed by atoms with E-state index in [1.54, 1.807) is 11.1 Å². The number of epoxide rings is 1. The SMILES string of the molecule is CC(Oc1c(C23CC4CC(CC(C4)C2)C3)c(C(C)(C)C)cc(C23CC4CC(CC(C4)C2)C3)c1C12CC3CC(CC(C3)C1)C2)C1CO1. The van der Waals surface area contributed by atoms with Crippen molar-refractivity contribution < 1.29 is 9.47 Å². The second-order valence-corrected chi connectivity index (χ2v) is 21.6. The van der Waals surface area contributed by atoms with Crippen molar-refractivity contribution in [3.8, 4) is 5.75 Å². The van der Waals surface area contributed by atoms with Crippen LogP contribution in [0.3, 0.4) is 0 Å². The molecule has 0 aromatic heterocycles. The molecular formula is C44H62O2. The van der Waals surface area contributed by atoms with E-state index in [1.807, 2.05) is 11.1 Å². The zero-order chi connectivity index (χ0) is 30.8. The summed E-state index contributed by atoms with van der Waals surface area (Å²) in [6.45, 7) is 11.0. The maximum atomic E-state index is 7.79. The average Bonchev–Trinajstić information content (AvgIpc) is 3.80. The molecule has 14 rings (SSSR count). The first-order valence-corrected chi connectivity index (χ1v) is 20.6. The average molecular weight is 623 g/mol. The third kappa shape index (κ3) is 4.16. The molecule has 12 aliphatic carbocycles. The zero-order valence-corrected chi connectivity index (χ0v) is 29.7. The van der Waals surface area contributed by atoms with E-state index in [1.165, 1.54) is 121 Å². The van der Waals surface area contributed by atoms with Crippen LogP contribution in [0.15, 0.2) is 6.07 Å². The molecule has 12 saturated carbocycles. The molecule has 0 N–H and O–H groups in total. The normalized spacial score (nSPS) is 51.2. The Hall–Kier alpha value is -1.02. The van der Waals surface area contributed by atoms with E-state index < -0.39 is 0 Å². The quantitative estimate of drug-likeness (QED) is 0.295. The van der Waals surface area contributed by atoms with Crippen LogP contribution in [0.5, 0.6) is 5.75 Å². The lowest BCUT2D eigenvalue weighted by Gasteiger charge is -2.62. The van der Waals surface area contributed by atoms with E-state index in [0.717, 1.165) is 59.9 Å². The summed E-state index contributed by atoms with van der Waals surface area (Å²) in [6, 6.07) is 2.99. The van der Waals surface area contributed by atoms with Gasteiger partial charge in [-0.3, -0.25) is 0 Å². The van der Waals surface area contributed by atoms with Gasteiger partial charge in [0.1, 0.15) is 18.0 Å². The van der Waals surface area contributed by atoms with Crippen molar-refractivity contribution in [1.29, 1.82) is 0 Å². The molecule has 1 saturated heterocycles. The van der Waals surface area contributed by atoms with Crippen LogP contribution < -0.4 is 4.74 Å². The first-order valence-electron chi connectivity index (χ1n) is 20.6. The Morgan fingerprint density at radius 3 is 1.28 bits per heavy atom. The largest absolute Gasteiger partial charge is 0.487 e. The zero-order valence-electron chi connectivity index (χ0n) is 29.7.